The predicted octanol–water partition coefficient (Wildman–Crippen LogP) is 5.11. The molecule has 1 aliphatic rings. The van der Waals surface area contributed by atoms with Crippen molar-refractivity contribution >= 4 is 5.69 Å². The predicted molar refractivity (Wildman–Crippen MR) is 122 cm³/mol. The zero-order valence-corrected chi connectivity index (χ0v) is 18.6. The van der Waals surface area contributed by atoms with Crippen LogP contribution in [0.15, 0.2) is 42.5 Å². The zero-order chi connectivity index (χ0) is 20.8. The van der Waals surface area contributed by atoms with E-state index in [1.807, 2.05) is 6.07 Å². The number of piperazine rings is 1. The second-order valence-electron chi connectivity index (χ2n) is 8.51. The maximum atomic E-state index is 6.18. The molecule has 0 atom stereocenters. The molecule has 0 spiro atoms. The number of rotatable bonds is 8. The van der Waals surface area contributed by atoms with Crippen LogP contribution in [0.3, 0.4) is 0 Å². The van der Waals surface area contributed by atoms with Crippen LogP contribution in [-0.4, -0.2) is 50.3 Å². The first-order valence-electron chi connectivity index (χ1n) is 10.9. The van der Waals surface area contributed by atoms with Gasteiger partial charge in [-0.25, -0.2) is 0 Å². The number of para-hydroxylation sites is 2. The van der Waals surface area contributed by atoms with Crippen molar-refractivity contribution in [3.63, 3.8) is 0 Å². The first-order chi connectivity index (χ1) is 13.9. The molecule has 29 heavy (non-hydrogen) atoms. The van der Waals surface area contributed by atoms with Crippen molar-refractivity contribution in [1.82, 2.24) is 4.90 Å². The molecule has 1 heterocycles. The van der Waals surface area contributed by atoms with E-state index in [-0.39, 0.29) is 6.10 Å². The second kappa shape index (κ2) is 10.0. The summed E-state index contributed by atoms with van der Waals surface area (Å²) in [4.78, 5) is 4.93. The molecule has 2 aromatic carbocycles. The number of nitrogens with zero attached hydrogens (tertiary/aromatic N) is 2. The topological polar surface area (TPSA) is 24.9 Å². The van der Waals surface area contributed by atoms with E-state index in [0.717, 1.165) is 50.8 Å². The maximum Gasteiger partial charge on any atom is 0.142 e. The number of hydrogen-bond acceptors (Lipinski definition) is 4. The Bertz CT molecular complexity index is 780. The third-order valence-corrected chi connectivity index (χ3v) is 5.40. The SMILES string of the molecule is Cc1ccc(C(C)C)c(OCCN2CCN(c3ccccc3OC(C)C)CC2)c1. The Morgan fingerprint density at radius 3 is 2.31 bits per heavy atom. The highest BCUT2D eigenvalue weighted by Gasteiger charge is 2.20. The van der Waals surface area contributed by atoms with Crippen molar-refractivity contribution in [1.29, 1.82) is 0 Å². The highest BCUT2D eigenvalue weighted by atomic mass is 16.5. The van der Waals surface area contributed by atoms with Crippen molar-refractivity contribution in [3.05, 3.63) is 53.6 Å². The summed E-state index contributed by atoms with van der Waals surface area (Å²) >= 11 is 0. The quantitative estimate of drug-likeness (QED) is 0.619. The lowest BCUT2D eigenvalue weighted by atomic mass is 10.0. The minimum Gasteiger partial charge on any atom is -0.492 e. The van der Waals surface area contributed by atoms with Crippen LogP contribution in [-0.2, 0) is 0 Å². The standard InChI is InChI=1S/C25H36N2O2/c1-19(2)22-11-10-21(5)18-25(22)28-17-16-26-12-14-27(15-13-26)23-8-6-7-9-24(23)29-20(3)4/h6-11,18-20H,12-17H2,1-5H3. The summed E-state index contributed by atoms with van der Waals surface area (Å²) < 4.78 is 12.2. The normalized spacial score (nSPS) is 15.2. The van der Waals surface area contributed by atoms with Crippen LogP contribution in [0.25, 0.3) is 0 Å². The van der Waals surface area contributed by atoms with Crippen LogP contribution in [0, 0.1) is 6.92 Å². The highest BCUT2D eigenvalue weighted by Crippen LogP contribution is 2.30. The third kappa shape index (κ3) is 5.89. The van der Waals surface area contributed by atoms with Crippen LogP contribution >= 0.6 is 0 Å². The molecule has 0 unspecified atom stereocenters. The van der Waals surface area contributed by atoms with Crippen LogP contribution < -0.4 is 14.4 Å². The zero-order valence-electron chi connectivity index (χ0n) is 18.6. The molecule has 0 bridgehead atoms. The summed E-state index contributed by atoms with van der Waals surface area (Å²) in [5, 5.41) is 0. The van der Waals surface area contributed by atoms with Gasteiger partial charge in [0.15, 0.2) is 0 Å². The van der Waals surface area contributed by atoms with E-state index in [1.54, 1.807) is 0 Å². The largest absolute Gasteiger partial charge is 0.492 e. The van der Waals surface area contributed by atoms with Gasteiger partial charge in [-0.05, 0) is 56.0 Å². The third-order valence-electron chi connectivity index (χ3n) is 5.40. The van der Waals surface area contributed by atoms with E-state index in [4.69, 9.17) is 9.47 Å². The number of benzene rings is 2. The molecule has 0 saturated carbocycles. The van der Waals surface area contributed by atoms with Crippen LogP contribution in [0.1, 0.15) is 44.7 Å². The summed E-state index contributed by atoms with van der Waals surface area (Å²) in [6.45, 7) is 16.5. The van der Waals surface area contributed by atoms with Gasteiger partial charge in [-0.1, -0.05) is 38.1 Å². The number of aryl methyl sites for hydroxylation is 1. The molecule has 0 radical (unpaired) electrons. The fourth-order valence-corrected chi connectivity index (χ4v) is 3.81. The number of hydrogen-bond donors (Lipinski definition) is 0. The molecular formula is C25H36N2O2. The smallest absolute Gasteiger partial charge is 0.142 e. The molecule has 0 N–H and O–H groups in total. The van der Waals surface area contributed by atoms with Crippen molar-refractivity contribution < 1.29 is 9.47 Å². The molecule has 3 rings (SSSR count). The van der Waals surface area contributed by atoms with Crippen molar-refractivity contribution in [2.75, 3.05) is 44.2 Å². The Kier molecular flexibility index (Phi) is 7.43. The van der Waals surface area contributed by atoms with Crippen molar-refractivity contribution in [2.45, 2.75) is 46.6 Å². The van der Waals surface area contributed by atoms with E-state index in [2.05, 4.69) is 80.8 Å². The Hall–Kier alpha value is -2.20. The number of ether oxygens (including phenoxy) is 2. The average Bonchev–Trinajstić information content (AvgIpc) is 2.68. The van der Waals surface area contributed by atoms with Crippen LogP contribution in [0.2, 0.25) is 0 Å². The lowest BCUT2D eigenvalue weighted by Gasteiger charge is -2.36. The molecular weight excluding hydrogens is 360 g/mol. The van der Waals surface area contributed by atoms with Gasteiger partial charge in [-0.2, -0.15) is 0 Å². The second-order valence-corrected chi connectivity index (χ2v) is 8.51. The van der Waals surface area contributed by atoms with E-state index < -0.39 is 0 Å². The highest BCUT2D eigenvalue weighted by molar-refractivity contribution is 5.58. The van der Waals surface area contributed by atoms with Crippen molar-refractivity contribution in [2.24, 2.45) is 0 Å². The summed E-state index contributed by atoms with van der Waals surface area (Å²) in [6, 6.07) is 14.9. The van der Waals surface area contributed by atoms with E-state index >= 15 is 0 Å². The molecule has 0 aromatic heterocycles. The molecule has 1 fully saturated rings. The number of anilines is 1. The summed E-state index contributed by atoms with van der Waals surface area (Å²) in [5.41, 5.74) is 3.75. The lowest BCUT2D eigenvalue weighted by molar-refractivity contribution is 0.198. The van der Waals surface area contributed by atoms with Gasteiger partial charge in [0.05, 0.1) is 11.8 Å². The fraction of sp³-hybridized carbons (Fsp3) is 0.520. The first-order valence-corrected chi connectivity index (χ1v) is 10.9. The monoisotopic (exact) mass is 396 g/mol. The molecule has 0 aliphatic carbocycles. The van der Waals surface area contributed by atoms with Gasteiger partial charge in [0.1, 0.15) is 18.1 Å². The van der Waals surface area contributed by atoms with Gasteiger partial charge < -0.3 is 14.4 Å². The average molecular weight is 397 g/mol. The summed E-state index contributed by atoms with van der Waals surface area (Å²) in [7, 11) is 0. The van der Waals surface area contributed by atoms with Gasteiger partial charge in [0.2, 0.25) is 0 Å². The van der Waals surface area contributed by atoms with Crippen LogP contribution in [0.4, 0.5) is 5.69 Å². The van der Waals surface area contributed by atoms with Crippen LogP contribution in [0.5, 0.6) is 11.5 Å². The fourth-order valence-electron chi connectivity index (χ4n) is 3.81. The van der Waals surface area contributed by atoms with E-state index in [1.165, 1.54) is 16.8 Å². The molecule has 4 nitrogen and oxygen atoms in total. The molecule has 1 saturated heterocycles. The Balaban J connectivity index is 1.51. The van der Waals surface area contributed by atoms with E-state index in [9.17, 15) is 0 Å². The van der Waals surface area contributed by atoms with Crippen molar-refractivity contribution in [3.8, 4) is 11.5 Å². The molecule has 158 valence electrons. The molecule has 2 aromatic rings. The maximum absolute atomic E-state index is 6.18. The van der Waals surface area contributed by atoms with Gasteiger partial charge in [0.25, 0.3) is 0 Å². The Morgan fingerprint density at radius 1 is 0.897 bits per heavy atom. The first kappa shape index (κ1) is 21.5. The minimum absolute atomic E-state index is 0.187. The van der Waals surface area contributed by atoms with Gasteiger partial charge in [0, 0.05) is 32.7 Å². The molecule has 0 amide bonds. The molecule has 4 heteroatoms. The molecule has 1 aliphatic heterocycles. The minimum atomic E-state index is 0.187. The van der Waals surface area contributed by atoms with Gasteiger partial charge in [-0.3, -0.25) is 4.90 Å². The van der Waals surface area contributed by atoms with E-state index in [0.29, 0.717) is 5.92 Å². The summed E-state index contributed by atoms with van der Waals surface area (Å²) in [6.07, 6.45) is 0.187. The Labute approximate surface area is 176 Å². The summed E-state index contributed by atoms with van der Waals surface area (Å²) in [5.74, 6) is 2.50. The lowest BCUT2D eigenvalue weighted by Crippen LogP contribution is -2.47. The van der Waals surface area contributed by atoms with Gasteiger partial charge in [-0.15, -0.1) is 0 Å². The van der Waals surface area contributed by atoms with Gasteiger partial charge >= 0.3 is 0 Å². The Morgan fingerprint density at radius 2 is 1.62 bits per heavy atom.